The summed E-state index contributed by atoms with van der Waals surface area (Å²) in [5, 5.41) is 0.914. The lowest BCUT2D eigenvalue weighted by Gasteiger charge is -2.37. The summed E-state index contributed by atoms with van der Waals surface area (Å²) in [5.74, 6) is 1.32. The van der Waals surface area contributed by atoms with E-state index >= 15 is 0 Å². The van der Waals surface area contributed by atoms with E-state index in [1.807, 2.05) is 0 Å². The second kappa shape index (κ2) is 8.95. The Morgan fingerprint density at radius 1 is 1.00 bits per heavy atom. The summed E-state index contributed by atoms with van der Waals surface area (Å²) in [6.45, 7) is 5.62. The van der Waals surface area contributed by atoms with Crippen LogP contribution in [0.2, 0.25) is 0 Å². The third-order valence-electron chi connectivity index (χ3n) is 5.62. The molecule has 2 aliphatic rings. The van der Waals surface area contributed by atoms with Crippen molar-refractivity contribution in [2.24, 2.45) is 5.92 Å². The van der Waals surface area contributed by atoms with Gasteiger partial charge in [0.15, 0.2) is 5.82 Å². The molecule has 4 rings (SSSR count). The van der Waals surface area contributed by atoms with Crippen molar-refractivity contribution in [3.63, 3.8) is 0 Å². The Morgan fingerprint density at radius 2 is 1.75 bits per heavy atom. The standard InChI is InChI=1S/C22H28N4OS/c1-17-7-9-19(10-8-17)28-21-20(23-11-12-24-21)26-15-5-6-18(16-26)22(27)25-13-3-2-4-14-25/h7-12,18H,2-6,13-16H2,1H3/t18-/m1/s1. The van der Waals surface area contributed by atoms with Crippen molar-refractivity contribution in [1.29, 1.82) is 0 Å². The predicted molar refractivity (Wildman–Crippen MR) is 113 cm³/mol. The molecule has 0 bridgehead atoms. The summed E-state index contributed by atoms with van der Waals surface area (Å²) < 4.78 is 0. The molecule has 2 saturated heterocycles. The Kier molecular flexibility index (Phi) is 6.15. The number of likely N-dealkylation sites (tertiary alicyclic amines) is 1. The van der Waals surface area contributed by atoms with Crippen LogP contribution in [0, 0.1) is 12.8 Å². The molecule has 0 unspecified atom stereocenters. The zero-order chi connectivity index (χ0) is 19.3. The minimum Gasteiger partial charge on any atom is -0.354 e. The van der Waals surface area contributed by atoms with E-state index in [0.717, 1.165) is 67.6 Å². The minimum absolute atomic E-state index is 0.0751. The average molecular weight is 397 g/mol. The van der Waals surface area contributed by atoms with Gasteiger partial charge in [0.05, 0.1) is 5.92 Å². The van der Waals surface area contributed by atoms with Crippen molar-refractivity contribution in [2.75, 3.05) is 31.1 Å². The normalized spacial score (nSPS) is 20.2. The van der Waals surface area contributed by atoms with Crippen LogP contribution in [0.15, 0.2) is 46.6 Å². The van der Waals surface area contributed by atoms with E-state index < -0.39 is 0 Å². The highest BCUT2D eigenvalue weighted by Gasteiger charge is 2.31. The van der Waals surface area contributed by atoms with E-state index in [9.17, 15) is 4.79 Å². The number of carbonyl (C=O) groups is 1. The van der Waals surface area contributed by atoms with Crippen molar-refractivity contribution in [3.8, 4) is 0 Å². The second-order valence-electron chi connectivity index (χ2n) is 7.77. The van der Waals surface area contributed by atoms with Gasteiger partial charge in [-0.25, -0.2) is 9.97 Å². The maximum atomic E-state index is 13.0. The molecule has 6 heteroatoms. The van der Waals surface area contributed by atoms with E-state index in [0.29, 0.717) is 5.91 Å². The minimum atomic E-state index is 0.0751. The number of rotatable bonds is 4. The zero-order valence-corrected chi connectivity index (χ0v) is 17.3. The monoisotopic (exact) mass is 396 g/mol. The largest absolute Gasteiger partial charge is 0.354 e. The summed E-state index contributed by atoms with van der Waals surface area (Å²) in [6.07, 6.45) is 9.04. The number of anilines is 1. The first-order valence-corrected chi connectivity index (χ1v) is 11.1. The fraction of sp³-hybridized carbons (Fsp3) is 0.500. The third kappa shape index (κ3) is 4.49. The molecule has 0 saturated carbocycles. The maximum Gasteiger partial charge on any atom is 0.227 e. The second-order valence-corrected chi connectivity index (χ2v) is 8.83. The molecule has 0 N–H and O–H groups in total. The fourth-order valence-electron chi connectivity index (χ4n) is 4.07. The Bertz CT molecular complexity index is 804. The quantitative estimate of drug-likeness (QED) is 0.776. The van der Waals surface area contributed by atoms with Gasteiger partial charge in [-0.2, -0.15) is 0 Å². The molecular formula is C22H28N4OS. The van der Waals surface area contributed by atoms with Crippen LogP contribution in [-0.4, -0.2) is 47.0 Å². The number of aromatic nitrogens is 2. The Balaban J connectivity index is 1.49. The van der Waals surface area contributed by atoms with Crippen LogP contribution >= 0.6 is 11.8 Å². The van der Waals surface area contributed by atoms with E-state index in [-0.39, 0.29) is 5.92 Å². The molecule has 1 aromatic carbocycles. The van der Waals surface area contributed by atoms with Gasteiger partial charge >= 0.3 is 0 Å². The number of amides is 1. The molecule has 148 valence electrons. The molecule has 0 spiro atoms. The Morgan fingerprint density at radius 3 is 2.54 bits per heavy atom. The number of carbonyl (C=O) groups excluding carboxylic acids is 1. The molecule has 1 atom stereocenters. The highest BCUT2D eigenvalue weighted by atomic mass is 32.2. The van der Waals surface area contributed by atoms with Gasteiger partial charge in [-0.05, 0) is 51.2 Å². The molecule has 3 heterocycles. The number of benzene rings is 1. The summed E-state index contributed by atoms with van der Waals surface area (Å²) in [6, 6.07) is 8.48. The molecule has 2 aromatic rings. The van der Waals surface area contributed by atoms with Gasteiger partial charge in [0.1, 0.15) is 5.03 Å². The van der Waals surface area contributed by atoms with E-state index in [1.165, 1.54) is 12.0 Å². The first kappa shape index (κ1) is 19.2. The molecular weight excluding hydrogens is 368 g/mol. The van der Waals surface area contributed by atoms with Crippen LogP contribution in [-0.2, 0) is 4.79 Å². The van der Waals surface area contributed by atoms with E-state index in [2.05, 4.69) is 51.0 Å². The molecule has 28 heavy (non-hydrogen) atoms. The van der Waals surface area contributed by atoms with Crippen LogP contribution in [0.3, 0.4) is 0 Å². The van der Waals surface area contributed by atoms with Gasteiger partial charge < -0.3 is 9.80 Å². The lowest BCUT2D eigenvalue weighted by molar-refractivity contribution is -0.136. The highest BCUT2D eigenvalue weighted by Crippen LogP contribution is 2.34. The molecule has 1 aromatic heterocycles. The summed E-state index contributed by atoms with van der Waals surface area (Å²) >= 11 is 1.64. The van der Waals surface area contributed by atoms with E-state index in [1.54, 1.807) is 24.2 Å². The van der Waals surface area contributed by atoms with Gasteiger partial charge in [0.25, 0.3) is 0 Å². The number of nitrogens with zero attached hydrogens (tertiary/aromatic N) is 4. The first-order chi connectivity index (χ1) is 13.7. The van der Waals surface area contributed by atoms with Crippen molar-refractivity contribution in [2.45, 2.75) is 48.9 Å². The van der Waals surface area contributed by atoms with Crippen molar-refractivity contribution in [1.82, 2.24) is 14.9 Å². The lowest BCUT2D eigenvalue weighted by Crippen LogP contribution is -2.46. The summed E-state index contributed by atoms with van der Waals surface area (Å²) in [4.78, 5) is 27.7. The summed E-state index contributed by atoms with van der Waals surface area (Å²) in [7, 11) is 0. The Labute approximate surface area is 171 Å². The average Bonchev–Trinajstić information content (AvgIpc) is 2.76. The topological polar surface area (TPSA) is 49.3 Å². The van der Waals surface area contributed by atoms with E-state index in [4.69, 9.17) is 0 Å². The molecule has 5 nitrogen and oxygen atoms in total. The van der Waals surface area contributed by atoms with Crippen molar-refractivity contribution < 1.29 is 4.79 Å². The molecule has 0 radical (unpaired) electrons. The van der Waals surface area contributed by atoms with Gasteiger partial charge in [0.2, 0.25) is 5.91 Å². The first-order valence-electron chi connectivity index (χ1n) is 10.3. The summed E-state index contributed by atoms with van der Waals surface area (Å²) in [5.41, 5.74) is 1.25. The maximum absolute atomic E-state index is 13.0. The molecule has 2 fully saturated rings. The molecule has 1 amide bonds. The van der Waals surface area contributed by atoms with Gasteiger partial charge in [-0.15, -0.1) is 0 Å². The number of hydrogen-bond acceptors (Lipinski definition) is 5. The Hall–Kier alpha value is -2.08. The number of hydrogen-bond donors (Lipinski definition) is 0. The number of piperidine rings is 2. The molecule has 0 aliphatic carbocycles. The van der Waals surface area contributed by atoms with Crippen LogP contribution < -0.4 is 4.90 Å². The van der Waals surface area contributed by atoms with Crippen LogP contribution in [0.1, 0.15) is 37.7 Å². The highest BCUT2D eigenvalue weighted by molar-refractivity contribution is 7.99. The van der Waals surface area contributed by atoms with Crippen LogP contribution in [0.5, 0.6) is 0 Å². The smallest absolute Gasteiger partial charge is 0.227 e. The third-order valence-corrected chi connectivity index (χ3v) is 6.61. The SMILES string of the molecule is Cc1ccc(Sc2nccnc2N2CCC[C@@H](C(=O)N3CCCCC3)C2)cc1. The zero-order valence-electron chi connectivity index (χ0n) is 16.5. The lowest BCUT2D eigenvalue weighted by atomic mass is 9.95. The van der Waals surface area contributed by atoms with Crippen molar-refractivity contribution in [3.05, 3.63) is 42.2 Å². The van der Waals surface area contributed by atoms with Crippen LogP contribution in [0.4, 0.5) is 5.82 Å². The predicted octanol–water partition coefficient (Wildman–Crippen LogP) is 4.17. The fourth-order valence-corrected chi connectivity index (χ4v) is 4.95. The van der Waals surface area contributed by atoms with Gasteiger partial charge in [-0.3, -0.25) is 4.79 Å². The van der Waals surface area contributed by atoms with Gasteiger partial charge in [-0.1, -0.05) is 29.5 Å². The number of aryl methyl sites for hydroxylation is 1. The van der Waals surface area contributed by atoms with Gasteiger partial charge in [0, 0.05) is 43.5 Å². The van der Waals surface area contributed by atoms with Crippen LogP contribution in [0.25, 0.3) is 0 Å². The van der Waals surface area contributed by atoms with Crippen molar-refractivity contribution >= 4 is 23.5 Å². The molecule has 2 aliphatic heterocycles.